The Morgan fingerprint density at radius 3 is 2.76 bits per heavy atom. The Kier molecular flexibility index (Phi) is 5.58. The summed E-state index contributed by atoms with van der Waals surface area (Å²) in [6.45, 7) is 6.23. The largest absolute Gasteiger partial charge is 0.381 e. The first-order valence-corrected chi connectivity index (χ1v) is 9.00. The summed E-state index contributed by atoms with van der Waals surface area (Å²) < 4.78 is 5.60. The molecule has 3 rings (SSSR count). The van der Waals surface area contributed by atoms with E-state index in [1.165, 1.54) is 25.3 Å². The van der Waals surface area contributed by atoms with Gasteiger partial charge in [-0.25, -0.2) is 0 Å². The number of rotatable bonds is 4. The van der Waals surface area contributed by atoms with E-state index >= 15 is 0 Å². The molecule has 2 fully saturated rings. The Balaban J connectivity index is 1.46. The number of nitrogens with zero attached hydrogens (tertiary/aromatic N) is 2. The van der Waals surface area contributed by atoms with Crippen molar-refractivity contribution >= 4 is 17.6 Å². The third kappa shape index (κ3) is 4.51. The quantitative estimate of drug-likeness (QED) is 0.646. The molecule has 0 aliphatic carbocycles. The van der Waals surface area contributed by atoms with Gasteiger partial charge in [-0.15, -0.1) is 0 Å². The summed E-state index contributed by atoms with van der Waals surface area (Å²) >= 11 is 0. The van der Waals surface area contributed by atoms with Gasteiger partial charge >= 0.3 is 0 Å². The zero-order chi connectivity index (χ0) is 17.7. The number of anilines is 1. The smallest absolute Gasteiger partial charge is 0.221 e. The van der Waals surface area contributed by atoms with E-state index in [1.807, 2.05) is 19.2 Å². The number of likely N-dealkylation sites (tertiary alicyclic amines) is 1. The molecular weight excluding hydrogens is 316 g/mol. The lowest BCUT2D eigenvalue weighted by Crippen LogP contribution is -2.42. The van der Waals surface area contributed by atoms with Gasteiger partial charge in [0.1, 0.15) is 0 Å². The van der Waals surface area contributed by atoms with E-state index in [4.69, 9.17) is 4.74 Å². The third-order valence-corrected chi connectivity index (χ3v) is 5.11. The molecule has 1 aromatic carbocycles. The van der Waals surface area contributed by atoms with Crippen molar-refractivity contribution in [2.45, 2.75) is 26.2 Å². The first kappa shape index (κ1) is 17.7. The van der Waals surface area contributed by atoms with Crippen molar-refractivity contribution in [3.63, 3.8) is 0 Å². The first-order chi connectivity index (χ1) is 12.1. The van der Waals surface area contributed by atoms with E-state index in [0.717, 1.165) is 50.9 Å². The Bertz CT molecular complexity index is 621. The molecule has 2 heterocycles. The highest BCUT2D eigenvalue weighted by atomic mass is 16.5. The number of benzene rings is 1. The summed E-state index contributed by atoms with van der Waals surface area (Å²) in [6.07, 6.45) is 3.28. The van der Waals surface area contributed by atoms with Gasteiger partial charge in [-0.05, 0) is 37.0 Å². The van der Waals surface area contributed by atoms with Crippen molar-refractivity contribution in [3.05, 3.63) is 29.8 Å². The molecule has 0 saturated carbocycles. The fraction of sp³-hybridized carbons (Fsp3) is 0.579. The Hall–Kier alpha value is -2.08. The molecule has 2 saturated heterocycles. The SMILES string of the molecule is CN=C(NCCc1ccc(NC(C)=O)cc1)N1CCC2(CCOC2)C1. The van der Waals surface area contributed by atoms with Crippen LogP contribution in [0.25, 0.3) is 0 Å². The predicted molar refractivity (Wildman–Crippen MR) is 99.9 cm³/mol. The van der Waals surface area contributed by atoms with Crippen LogP contribution < -0.4 is 10.6 Å². The summed E-state index contributed by atoms with van der Waals surface area (Å²) in [5.74, 6) is 0.938. The molecule has 2 N–H and O–H groups in total. The van der Waals surface area contributed by atoms with Gasteiger partial charge in [-0.1, -0.05) is 12.1 Å². The molecule has 1 unspecified atom stereocenters. The Morgan fingerprint density at radius 1 is 1.32 bits per heavy atom. The highest BCUT2D eigenvalue weighted by Gasteiger charge is 2.42. The Labute approximate surface area is 149 Å². The predicted octanol–water partition coefficient (Wildman–Crippen LogP) is 1.88. The zero-order valence-corrected chi connectivity index (χ0v) is 15.2. The molecular formula is C19H28N4O2. The molecule has 6 heteroatoms. The molecule has 1 atom stereocenters. The van der Waals surface area contributed by atoms with Crippen molar-refractivity contribution < 1.29 is 9.53 Å². The van der Waals surface area contributed by atoms with Gasteiger partial charge in [-0.3, -0.25) is 9.79 Å². The maximum Gasteiger partial charge on any atom is 0.221 e. The van der Waals surface area contributed by atoms with Gasteiger partial charge in [0.15, 0.2) is 5.96 Å². The summed E-state index contributed by atoms with van der Waals surface area (Å²) in [5.41, 5.74) is 2.41. The lowest BCUT2D eigenvalue weighted by atomic mass is 9.87. The molecule has 2 aliphatic heterocycles. The normalized spacial score (nSPS) is 23.3. The summed E-state index contributed by atoms with van der Waals surface area (Å²) in [6, 6.07) is 7.98. The number of hydrogen-bond donors (Lipinski definition) is 2. The molecule has 6 nitrogen and oxygen atoms in total. The lowest BCUT2D eigenvalue weighted by molar-refractivity contribution is -0.114. The van der Waals surface area contributed by atoms with E-state index < -0.39 is 0 Å². The molecule has 0 aromatic heterocycles. The van der Waals surface area contributed by atoms with Crippen molar-refractivity contribution in [3.8, 4) is 0 Å². The first-order valence-electron chi connectivity index (χ1n) is 9.00. The number of guanidine groups is 1. The summed E-state index contributed by atoms with van der Waals surface area (Å²) in [5, 5.41) is 6.26. The fourth-order valence-electron chi connectivity index (χ4n) is 3.70. The molecule has 0 radical (unpaired) electrons. The average Bonchev–Trinajstić information content (AvgIpc) is 3.23. The summed E-state index contributed by atoms with van der Waals surface area (Å²) in [7, 11) is 1.85. The van der Waals surface area contributed by atoms with Gasteiger partial charge in [0.05, 0.1) is 6.61 Å². The van der Waals surface area contributed by atoms with E-state index in [9.17, 15) is 4.79 Å². The van der Waals surface area contributed by atoms with E-state index in [-0.39, 0.29) is 5.91 Å². The number of nitrogens with one attached hydrogen (secondary N) is 2. The minimum Gasteiger partial charge on any atom is -0.381 e. The van der Waals surface area contributed by atoms with Crippen LogP contribution in [0.5, 0.6) is 0 Å². The minimum atomic E-state index is -0.0470. The van der Waals surface area contributed by atoms with Gasteiger partial charge < -0.3 is 20.3 Å². The van der Waals surface area contributed by atoms with Crippen LogP contribution in [0.1, 0.15) is 25.3 Å². The van der Waals surface area contributed by atoms with E-state index in [1.54, 1.807) is 0 Å². The van der Waals surface area contributed by atoms with Crippen LogP contribution in [0.15, 0.2) is 29.3 Å². The number of ether oxygens (including phenoxy) is 1. The molecule has 1 spiro atoms. The second-order valence-corrected chi connectivity index (χ2v) is 7.08. The standard InChI is InChI=1S/C19H28N4O2/c1-15(24)22-17-5-3-16(4-6-17)7-10-21-18(20-2)23-11-8-19(13-23)9-12-25-14-19/h3-6H,7-14H2,1-2H3,(H,20,21)(H,22,24). The zero-order valence-electron chi connectivity index (χ0n) is 15.2. The van der Waals surface area contributed by atoms with Crippen LogP contribution in [0.4, 0.5) is 5.69 Å². The van der Waals surface area contributed by atoms with Gasteiger partial charge in [-0.2, -0.15) is 0 Å². The highest BCUT2D eigenvalue weighted by molar-refractivity contribution is 5.88. The fourth-order valence-corrected chi connectivity index (χ4v) is 3.70. The number of aliphatic imine (C=N–C) groups is 1. The van der Waals surface area contributed by atoms with Crippen molar-refractivity contribution in [1.82, 2.24) is 10.2 Å². The maximum absolute atomic E-state index is 11.1. The van der Waals surface area contributed by atoms with Crippen LogP contribution in [0, 0.1) is 5.41 Å². The summed E-state index contributed by atoms with van der Waals surface area (Å²) in [4.78, 5) is 17.9. The third-order valence-electron chi connectivity index (χ3n) is 5.11. The molecule has 1 aromatic rings. The molecule has 2 aliphatic rings. The van der Waals surface area contributed by atoms with Crippen molar-refractivity contribution in [2.24, 2.45) is 10.4 Å². The maximum atomic E-state index is 11.1. The minimum absolute atomic E-state index is 0.0470. The average molecular weight is 344 g/mol. The van der Waals surface area contributed by atoms with E-state index in [0.29, 0.717) is 5.41 Å². The van der Waals surface area contributed by atoms with Crippen molar-refractivity contribution in [1.29, 1.82) is 0 Å². The number of amides is 1. The van der Waals surface area contributed by atoms with Crippen LogP contribution in [0.3, 0.4) is 0 Å². The highest BCUT2D eigenvalue weighted by Crippen LogP contribution is 2.38. The van der Waals surface area contributed by atoms with Crippen molar-refractivity contribution in [2.75, 3.05) is 45.2 Å². The van der Waals surface area contributed by atoms with Gasteiger partial charge in [0.2, 0.25) is 5.91 Å². The lowest BCUT2D eigenvalue weighted by Gasteiger charge is -2.25. The monoisotopic (exact) mass is 344 g/mol. The van der Waals surface area contributed by atoms with Gasteiger partial charge in [0.25, 0.3) is 0 Å². The Morgan fingerprint density at radius 2 is 2.12 bits per heavy atom. The number of hydrogen-bond acceptors (Lipinski definition) is 3. The molecule has 136 valence electrons. The molecule has 25 heavy (non-hydrogen) atoms. The van der Waals surface area contributed by atoms with Crippen LogP contribution >= 0.6 is 0 Å². The van der Waals surface area contributed by atoms with Gasteiger partial charge in [0, 0.05) is 51.3 Å². The van der Waals surface area contributed by atoms with Crippen LogP contribution in [0.2, 0.25) is 0 Å². The molecule has 0 bridgehead atoms. The second kappa shape index (κ2) is 7.87. The number of carbonyl (C=O) groups excluding carboxylic acids is 1. The topological polar surface area (TPSA) is 66.0 Å². The second-order valence-electron chi connectivity index (χ2n) is 7.08. The number of carbonyl (C=O) groups is 1. The van der Waals surface area contributed by atoms with E-state index in [2.05, 4.69) is 32.7 Å². The van der Waals surface area contributed by atoms with Crippen LogP contribution in [-0.2, 0) is 16.0 Å². The van der Waals surface area contributed by atoms with Crippen LogP contribution in [-0.4, -0.2) is 56.7 Å². The molecule has 1 amide bonds.